The van der Waals surface area contributed by atoms with E-state index in [4.69, 9.17) is 4.74 Å². The molecule has 0 fully saturated rings. The molecule has 0 aliphatic carbocycles. The molecule has 2 aromatic heterocycles. The van der Waals surface area contributed by atoms with Crippen molar-refractivity contribution in [1.82, 2.24) is 9.97 Å². The van der Waals surface area contributed by atoms with E-state index >= 15 is 0 Å². The van der Waals surface area contributed by atoms with Gasteiger partial charge in [0.05, 0.1) is 13.0 Å². The van der Waals surface area contributed by atoms with Crippen molar-refractivity contribution >= 4 is 28.2 Å². The number of thiazole rings is 1. The highest BCUT2D eigenvalue weighted by molar-refractivity contribution is 7.09. The highest BCUT2D eigenvalue weighted by Gasteiger charge is 2.24. The molecule has 5 nitrogen and oxygen atoms in total. The van der Waals surface area contributed by atoms with E-state index < -0.39 is 0 Å². The number of nitrogens with one attached hydrogen (secondary N) is 1. The molecule has 0 amide bonds. The van der Waals surface area contributed by atoms with Gasteiger partial charge in [-0.05, 0) is 24.6 Å². The molecule has 0 aliphatic rings. The molecule has 0 saturated carbocycles. The van der Waals surface area contributed by atoms with Gasteiger partial charge < -0.3 is 14.8 Å². The van der Waals surface area contributed by atoms with E-state index in [0.717, 1.165) is 21.5 Å². The predicted octanol–water partition coefficient (Wildman–Crippen LogP) is 3.42. The molecule has 0 bridgehead atoms. The molecule has 114 valence electrons. The maximum Gasteiger partial charge on any atom is 0.306 e. The van der Waals surface area contributed by atoms with Gasteiger partial charge in [0, 0.05) is 40.7 Å². The number of phenols is 1. The van der Waals surface area contributed by atoms with Gasteiger partial charge >= 0.3 is 5.97 Å². The number of esters is 1. The minimum atomic E-state index is -0.240. The Kier molecular flexibility index (Phi) is 4.11. The predicted molar refractivity (Wildman–Crippen MR) is 85.2 cm³/mol. The number of hydrogen-bond acceptors (Lipinski definition) is 5. The molecule has 22 heavy (non-hydrogen) atoms. The van der Waals surface area contributed by atoms with E-state index in [2.05, 4.69) is 9.97 Å². The van der Waals surface area contributed by atoms with Crippen molar-refractivity contribution in [1.29, 1.82) is 0 Å². The number of fused-ring (bicyclic) bond motifs is 1. The maximum absolute atomic E-state index is 11.9. The lowest BCUT2D eigenvalue weighted by atomic mass is 9.96. The quantitative estimate of drug-likeness (QED) is 0.707. The summed E-state index contributed by atoms with van der Waals surface area (Å²) in [7, 11) is 0. The van der Waals surface area contributed by atoms with Gasteiger partial charge in [-0.1, -0.05) is 0 Å². The Morgan fingerprint density at radius 1 is 1.50 bits per heavy atom. The summed E-state index contributed by atoms with van der Waals surface area (Å²) in [6, 6.07) is 5.16. The number of H-pyrrole nitrogens is 1. The monoisotopic (exact) mass is 316 g/mol. The van der Waals surface area contributed by atoms with Gasteiger partial charge in [-0.3, -0.25) is 4.79 Å². The van der Waals surface area contributed by atoms with E-state index in [1.165, 1.54) is 11.3 Å². The number of rotatable bonds is 5. The van der Waals surface area contributed by atoms with Crippen molar-refractivity contribution in [3.63, 3.8) is 0 Å². The van der Waals surface area contributed by atoms with E-state index in [0.29, 0.717) is 6.61 Å². The third-order valence-corrected chi connectivity index (χ3v) is 4.39. The van der Waals surface area contributed by atoms with E-state index in [9.17, 15) is 9.90 Å². The molecule has 1 unspecified atom stereocenters. The van der Waals surface area contributed by atoms with Gasteiger partial charge in [-0.25, -0.2) is 4.98 Å². The molecule has 1 atom stereocenters. The second-order valence-corrected chi connectivity index (χ2v) is 5.83. The van der Waals surface area contributed by atoms with Crippen molar-refractivity contribution in [3.05, 3.63) is 46.5 Å². The van der Waals surface area contributed by atoms with Gasteiger partial charge in [0.15, 0.2) is 0 Å². The first-order valence-corrected chi connectivity index (χ1v) is 7.92. The molecular formula is C16H16N2O3S. The van der Waals surface area contributed by atoms with E-state index in [1.807, 2.05) is 17.6 Å². The molecule has 0 radical (unpaired) electrons. The van der Waals surface area contributed by atoms with Crippen LogP contribution >= 0.6 is 11.3 Å². The molecule has 3 rings (SSSR count). The normalized spacial score (nSPS) is 12.4. The lowest BCUT2D eigenvalue weighted by Gasteiger charge is -2.13. The lowest BCUT2D eigenvalue weighted by molar-refractivity contribution is -0.143. The fourth-order valence-electron chi connectivity index (χ4n) is 2.55. The molecule has 0 saturated heterocycles. The number of aromatic amines is 1. The summed E-state index contributed by atoms with van der Waals surface area (Å²) >= 11 is 1.52. The zero-order valence-corrected chi connectivity index (χ0v) is 12.9. The lowest BCUT2D eigenvalue weighted by Crippen LogP contribution is -2.11. The number of ether oxygens (including phenoxy) is 1. The van der Waals surface area contributed by atoms with Gasteiger partial charge in [0.1, 0.15) is 10.8 Å². The number of hydrogen-bond donors (Lipinski definition) is 2. The van der Waals surface area contributed by atoms with Gasteiger partial charge in [0.2, 0.25) is 0 Å². The smallest absolute Gasteiger partial charge is 0.306 e. The van der Waals surface area contributed by atoms with Crippen molar-refractivity contribution < 1.29 is 14.6 Å². The fourth-order valence-corrected chi connectivity index (χ4v) is 3.31. The van der Waals surface area contributed by atoms with Gasteiger partial charge in [-0.15, -0.1) is 11.3 Å². The van der Waals surface area contributed by atoms with Crippen LogP contribution in [0.5, 0.6) is 5.75 Å². The van der Waals surface area contributed by atoms with Crippen LogP contribution in [0.15, 0.2) is 36.0 Å². The van der Waals surface area contributed by atoms with Crippen LogP contribution in [0.4, 0.5) is 0 Å². The number of carbonyl (C=O) groups is 1. The molecular weight excluding hydrogens is 300 g/mol. The average Bonchev–Trinajstić information content (AvgIpc) is 3.14. The number of phenolic OH excluding ortho intramolecular Hbond substituents is 1. The SMILES string of the molecule is CCOC(=O)CC(c1nccs1)c1c[nH]c2cc(O)ccc12. The second-order valence-electron chi connectivity index (χ2n) is 4.91. The number of nitrogens with zero attached hydrogens (tertiary/aromatic N) is 1. The zero-order valence-electron chi connectivity index (χ0n) is 12.1. The summed E-state index contributed by atoms with van der Waals surface area (Å²) in [5.41, 5.74) is 1.82. The Bertz CT molecular complexity index is 780. The number of aromatic nitrogens is 2. The summed E-state index contributed by atoms with van der Waals surface area (Å²) in [5.74, 6) is -0.190. The molecule has 6 heteroatoms. The number of aromatic hydroxyl groups is 1. The van der Waals surface area contributed by atoms with Crippen molar-refractivity contribution in [2.24, 2.45) is 0 Å². The third-order valence-electron chi connectivity index (χ3n) is 3.50. The summed E-state index contributed by atoms with van der Waals surface area (Å²) in [4.78, 5) is 19.4. The average molecular weight is 316 g/mol. The van der Waals surface area contributed by atoms with Crippen molar-refractivity contribution in [2.75, 3.05) is 6.61 Å². The van der Waals surface area contributed by atoms with Crippen LogP contribution in [0.3, 0.4) is 0 Å². The van der Waals surface area contributed by atoms with Crippen LogP contribution in [-0.4, -0.2) is 27.7 Å². The molecule has 0 aliphatic heterocycles. The summed E-state index contributed by atoms with van der Waals surface area (Å²) in [6.45, 7) is 2.16. The minimum absolute atomic E-state index is 0.155. The van der Waals surface area contributed by atoms with Crippen LogP contribution in [0, 0.1) is 0 Å². The molecule has 3 aromatic rings. The van der Waals surface area contributed by atoms with Gasteiger partial charge in [-0.2, -0.15) is 0 Å². The van der Waals surface area contributed by atoms with Crippen LogP contribution in [0.1, 0.15) is 29.8 Å². The minimum Gasteiger partial charge on any atom is -0.508 e. The van der Waals surface area contributed by atoms with Crippen LogP contribution in [0.25, 0.3) is 10.9 Å². The first-order valence-electron chi connectivity index (χ1n) is 7.04. The van der Waals surface area contributed by atoms with Crippen molar-refractivity contribution in [3.8, 4) is 5.75 Å². The Morgan fingerprint density at radius 3 is 3.09 bits per heavy atom. The molecule has 1 aromatic carbocycles. The Balaban J connectivity index is 2.02. The number of benzene rings is 1. The number of carbonyl (C=O) groups excluding carboxylic acids is 1. The zero-order chi connectivity index (χ0) is 15.5. The first-order chi connectivity index (χ1) is 10.7. The van der Waals surface area contributed by atoms with Crippen molar-refractivity contribution in [2.45, 2.75) is 19.3 Å². The van der Waals surface area contributed by atoms with E-state index in [-0.39, 0.29) is 24.1 Å². The largest absolute Gasteiger partial charge is 0.508 e. The van der Waals surface area contributed by atoms with E-state index in [1.54, 1.807) is 25.3 Å². The highest BCUT2D eigenvalue weighted by Crippen LogP contribution is 2.35. The maximum atomic E-state index is 11.9. The van der Waals surface area contributed by atoms with Gasteiger partial charge in [0.25, 0.3) is 0 Å². The standard InChI is InChI=1S/C16H16N2O3S/c1-2-21-15(20)8-12(16-17-5-6-22-16)13-9-18-14-7-10(19)3-4-11(13)14/h3-7,9,12,18-19H,2,8H2,1H3. The Hall–Kier alpha value is -2.34. The second kappa shape index (κ2) is 6.19. The molecule has 2 heterocycles. The molecule has 0 spiro atoms. The fraction of sp³-hybridized carbons (Fsp3) is 0.250. The Labute approximate surface area is 131 Å². The topological polar surface area (TPSA) is 75.2 Å². The summed E-state index contributed by atoms with van der Waals surface area (Å²) in [6.07, 6.45) is 3.85. The van der Waals surface area contributed by atoms with Crippen LogP contribution in [0.2, 0.25) is 0 Å². The molecule has 2 N–H and O–H groups in total. The third kappa shape index (κ3) is 2.82. The highest BCUT2D eigenvalue weighted by atomic mass is 32.1. The summed E-state index contributed by atoms with van der Waals surface area (Å²) < 4.78 is 5.09. The van der Waals surface area contributed by atoms with Crippen LogP contribution in [-0.2, 0) is 9.53 Å². The summed E-state index contributed by atoms with van der Waals surface area (Å²) in [5, 5.41) is 13.3. The first kappa shape index (κ1) is 14.6. The van der Waals surface area contributed by atoms with Crippen LogP contribution < -0.4 is 0 Å². The Morgan fingerprint density at radius 2 is 2.36 bits per heavy atom.